The Morgan fingerprint density at radius 3 is 2.68 bits per heavy atom. The fourth-order valence-electron chi connectivity index (χ4n) is 1.69. The number of benzene rings is 1. The lowest BCUT2D eigenvalue weighted by Crippen LogP contribution is -1.94. The third-order valence-corrected chi connectivity index (χ3v) is 3.37. The van der Waals surface area contributed by atoms with Gasteiger partial charge in [0, 0.05) is 11.6 Å². The van der Waals surface area contributed by atoms with Gasteiger partial charge in [-0.15, -0.1) is 0 Å². The maximum atomic E-state index is 10.8. The first-order valence-corrected chi connectivity index (χ1v) is 6.01. The molecule has 1 aromatic heterocycles. The van der Waals surface area contributed by atoms with Crippen molar-refractivity contribution in [1.82, 2.24) is 5.16 Å². The highest BCUT2D eigenvalue weighted by Gasteiger charge is 2.20. The van der Waals surface area contributed by atoms with Crippen molar-refractivity contribution in [2.45, 2.75) is 6.92 Å². The number of aryl methyl sites for hydroxylation is 1. The minimum absolute atomic E-state index is 0.0867. The number of aromatic nitrogens is 1. The molecule has 100 valence electrons. The maximum absolute atomic E-state index is 10.8. The lowest BCUT2D eigenvalue weighted by Gasteiger charge is -2.11. The molecular weight excluding hydrogens is 318 g/mol. The van der Waals surface area contributed by atoms with Gasteiger partial charge in [-0.3, -0.25) is 0 Å². The van der Waals surface area contributed by atoms with Gasteiger partial charge in [-0.25, -0.2) is 4.79 Å². The minimum Gasteiger partial charge on any atom is -0.503 e. The van der Waals surface area contributed by atoms with Crippen LogP contribution in [0.2, 0.25) is 0 Å². The second-order valence-corrected chi connectivity index (χ2v) is 4.61. The Hall–Kier alpha value is -2.02. The zero-order valence-electron chi connectivity index (χ0n) is 10.1. The lowest BCUT2D eigenvalue weighted by molar-refractivity contribution is 0.0686. The van der Waals surface area contributed by atoms with Crippen molar-refractivity contribution in [3.8, 4) is 22.8 Å². The van der Waals surface area contributed by atoms with Gasteiger partial charge in [0.05, 0.1) is 11.6 Å². The molecule has 0 aliphatic carbocycles. The average Bonchev–Trinajstić information content (AvgIpc) is 2.83. The molecule has 0 saturated heterocycles. The molecule has 6 nitrogen and oxygen atoms in total. The normalized spacial score (nSPS) is 10.5. The van der Waals surface area contributed by atoms with Crippen LogP contribution in [0.5, 0.6) is 11.5 Å². The molecule has 2 N–H and O–H groups in total. The van der Waals surface area contributed by atoms with Crippen LogP contribution in [-0.2, 0) is 0 Å². The Kier molecular flexibility index (Phi) is 3.48. The average molecular weight is 328 g/mol. The van der Waals surface area contributed by atoms with Gasteiger partial charge in [-0.1, -0.05) is 5.16 Å². The first-order valence-electron chi connectivity index (χ1n) is 5.22. The predicted molar refractivity (Wildman–Crippen MR) is 69.6 cm³/mol. The van der Waals surface area contributed by atoms with E-state index in [2.05, 4.69) is 21.1 Å². The Balaban J connectivity index is 2.61. The fraction of sp³-hybridized carbons (Fsp3) is 0.167. The molecule has 1 heterocycles. The monoisotopic (exact) mass is 327 g/mol. The number of phenols is 1. The van der Waals surface area contributed by atoms with Crippen molar-refractivity contribution in [1.29, 1.82) is 0 Å². The number of carboxylic acid groups (broad SMARTS) is 1. The Morgan fingerprint density at radius 2 is 2.16 bits per heavy atom. The first kappa shape index (κ1) is 13.4. The Bertz CT molecular complexity index is 650. The molecule has 0 unspecified atom stereocenters. The number of hydrogen-bond donors (Lipinski definition) is 2. The summed E-state index contributed by atoms with van der Waals surface area (Å²) in [7, 11) is 1.44. The van der Waals surface area contributed by atoms with Crippen molar-refractivity contribution in [3.63, 3.8) is 0 Å². The third-order valence-electron chi connectivity index (χ3n) is 2.60. The molecule has 19 heavy (non-hydrogen) atoms. The van der Waals surface area contributed by atoms with E-state index in [-0.39, 0.29) is 17.2 Å². The molecule has 2 aromatic rings. The smallest absolute Gasteiger partial charge is 0.358 e. The van der Waals surface area contributed by atoms with Gasteiger partial charge >= 0.3 is 5.97 Å². The molecule has 2 rings (SSSR count). The van der Waals surface area contributed by atoms with E-state index in [1.165, 1.54) is 13.2 Å². The summed E-state index contributed by atoms with van der Waals surface area (Å²) in [5.74, 6) is -0.705. The van der Waals surface area contributed by atoms with Crippen LogP contribution < -0.4 is 4.74 Å². The quantitative estimate of drug-likeness (QED) is 0.900. The van der Waals surface area contributed by atoms with Crippen molar-refractivity contribution < 1.29 is 24.3 Å². The number of carbonyl (C=O) groups is 1. The van der Waals surface area contributed by atoms with E-state index in [9.17, 15) is 9.90 Å². The number of aromatic carboxylic acids is 1. The molecule has 0 saturated carbocycles. The molecule has 1 aromatic carbocycles. The maximum Gasteiger partial charge on any atom is 0.358 e. The first-order chi connectivity index (χ1) is 8.95. The van der Waals surface area contributed by atoms with Crippen LogP contribution in [0.15, 0.2) is 21.1 Å². The fourth-order valence-corrected chi connectivity index (χ4v) is 2.39. The summed E-state index contributed by atoms with van der Waals surface area (Å²) in [6, 6.07) is 2.92. The van der Waals surface area contributed by atoms with Crippen LogP contribution in [0.4, 0.5) is 0 Å². The van der Waals surface area contributed by atoms with Crippen LogP contribution in [0.25, 0.3) is 11.3 Å². The Morgan fingerprint density at radius 1 is 1.47 bits per heavy atom. The van der Waals surface area contributed by atoms with E-state index >= 15 is 0 Å². The van der Waals surface area contributed by atoms with E-state index in [0.29, 0.717) is 15.8 Å². The number of halogens is 1. The number of methoxy groups -OCH3 is 1. The number of nitrogens with zero attached hydrogens (tertiary/aromatic N) is 1. The van der Waals surface area contributed by atoms with Crippen molar-refractivity contribution in [3.05, 3.63) is 27.9 Å². The number of ether oxygens (including phenoxy) is 1. The molecular formula is C12H10BrNO5. The summed E-state index contributed by atoms with van der Waals surface area (Å²) in [6.07, 6.45) is 0. The number of phenolic OH excluding ortho intramolecular Hbond substituents is 1. The van der Waals surface area contributed by atoms with Crippen molar-refractivity contribution >= 4 is 21.9 Å². The summed E-state index contributed by atoms with van der Waals surface area (Å²) in [4.78, 5) is 10.8. The molecule has 7 heteroatoms. The van der Waals surface area contributed by atoms with Gasteiger partial charge in [0.1, 0.15) is 0 Å². The SMILES string of the molecule is COc1cc(C)c(-c2cc(C(=O)O)no2)c(Br)c1O. The summed E-state index contributed by atoms with van der Waals surface area (Å²) >= 11 is 3.24. The van der Waals surface area contributed by atoms with Gasteiger partial charge < -0.3 is 19.5 Å². The van der Waals surface area contributed by atoms with Crippen LogP contribution >= 0.6 is 15.9 Å². The molecule has 0 aliphatic heterocycles. The summed E-state index contributed by atoms with van der Waals surface area (Å²) in [6.45, 7) is 1.78. The highest BCUT2D eigenvalue weighted by Crippen LogP contribution is 2.43. The van der Waals surface area contributed by atoms with E-state index in [4.69, 9.17) is 14.4 Å². The molecule has 0 radical (unpaired) electrons. The Labute approximate surface area is 116 Å². The van der Waals surface area contributed by atoms with Crippen LogP contribution in [0.1, 0.15) is 16.1 Å². The van der Waals surface area contributed by atoms with E-state index in [1.807, 2.05) is 0 Å². The molecule has 0 fully saturated rings. The zero-order chi connectivity index (χ0) is 14.2. The molecule has 0 atom stereocenters. The molecule has 0 aliphatic rings. The molecule has 0 amide bonds. The van der Waals surface area contributed by atoms with Gasteiger partial charge in [-0.2, -0.15) is 0 Å². The predicted octanol–water partition coefficient (Wildman–Crippen LogP) is 2.82. The standard InChI is InChI=1S/C12H10BrNO5/c1-5-3-8(18-2)11(15)10(13)9(5)7-4-6(12(16)17)14-19-7/h3-4,15H,1-2H3,(H,16,17). The summed E-state index contributed by atoms with van der Waals surface area (Å²) < 4.78 is 10.4. The highest BCUT2D eigenvalue weighted by atomic mass is 79.9. The van der Waals surface area contributed by atoms with E-state index < -0.39 is 5.97 Å². The topological polar surface area (TPSA) is 92.8 Å². The lowest BCUT2D eigenvalue weighted by atomic mass is 10.0. The van der Waals surface area contributed by atoms with Crippen molar-refractivity contribution in [2.24, 2.45) is 0 Å². The number of rotatable bonds is 3. The van der Waals surface area contributed by atoms with Crippen molar-refractivity contribution in [2.75, 3.05) is 7.11 Å². The number of aromatic hydroxyl groups is 1. The van der Waals surface area contributed by atoms with Gasteiger partial charge in [0.25, 0.3) is 0 Å². The second-order valence-electron chi connectivity index (χ2n) is 3.81. The summed E-state index contributed by atoms with van der Waals surface area (Å²) in [5.41, 5.74) is 1.07. The molecule has 0 spiro atoms. The van der Waals surface area contributed by atoms with Crippen LogP contribution in [0, 0.1) is 6.92 Å². The largest absolute Gasteiger partial charge is 0.503 e. The zero-order valence-corrected chi connectivity index (χ0v) is 11.7. The minimum atomic E-state index is -1.18. The van der Waals surface area contributed by atoms with Gasteiger partial charge in [0.15, 0.2) is 23.0 Å². The van der Waals surface area contributed by atoms with Crippen LogP contribution in [0.3, 0.4) is 0 Å². The summed E-state index contributed by atoms with van der Waals surface area (Å²) in [5, 5.41) is 22.2. The number of hydrogen-bond acceptors (Lipinski definition) is 5. The van der Waals surface area contributed by atoms with Gasteiger partial charge in [-0.05, 0) is 34.5 Å². The third kappa shape index (κ3) is 2.28. The second kappa shape index (κ2) is 4.93. The highest BCUT2D eigenvalue weighted by molar-refractivity contribution is 9.10. The van der Waals surface area contributed by atoms with E-state index in [0.717, 1.165) is 5.56 Å². The molecule has 0 bridgehead atoms. The van der Waals surface area contributed by atoms with Crippen LogP contribution in [-0.4, -0.2) is 28.4 Å². The van der Waals surface area contributed by atoms with Gasteiger partial charge in [0.2, 0.25) is 0 Å². The number of carboxylic acids is 1. The van der Waals surface area contributed by atoms with E-state index in [1.54, 1.807) is 13.0 Å².